The summed E-state index contributed by atoms with van der Waals surface area (Å²) in [7, 11) is 1.96. The number of anilines is 1. The van der Waals surface area contributed by atoms with E-state index in [0.29, 0.717) is 6.54 Å². The van der Waals surface area contributed by atoms with Gasteiger partial charge in [-0.3, -0.25) is 0 Å². The molecule has 1 heterocycles. The summed E-state index contributed by atoms with van der Waals surface area (Å²) in [5.74, 6) is 3.55. The minimum absolute atomic E-state index is 0.580. The van der Waals surface area contributed by atoms with Crippen molar-refractivity contribution in [3.05, 3.63) is 23.4 Å². The number of nitrogens with zero attached hydrogens (tertiary/aromatic N) is 2. The Labute approximate surface area is 97.9 Å². The molecule has 1 aromatic heterocycles. The zero-order valence-corrected chi connectivity index (χ0v) is 10.2. The van der Waals surface area contributed by atoms with Crippen molar-refractivity contribution in [3.63, 3.8) is 0 Å². The van der Waals surface area contributed by atoms with E-state index in [1.54, 1.807) is 0 Å². The first-order valence-corrected chi connectivity index (χ1v) is 5.50. The van der Waals surface area contributed by atoms with Crippen LogP contribution in [0.4, 0.5) is 5.82 Å². The van der Waals surface area contributed by atoms with Gasteiger partial charge < -0.3 is 10.2 Å². The third-order valence-electron chi connectivity index (χ3n) is 2.30. The van der Waals surface area contributed by atoms with Crippen molar-refractivity contribution >= 4 is 5.82 Å². The van der Waals surface area contributed by atoms with Gasteiger partial charge >= 0.3 is 0 Å². The molecule has 3 nitrogen and oxygen atoms in total. The van der Waals surface area contributed by atoms with Crippen molar-refractivity contribution in [2.45, 2.75) is 20.4 Å². The molecule has 0 spiro atoms. The Bertz CT molecular complexity index is 379. The lowest BCUT2D eigenvalue weighted by molar-refractivity contribution is 0.724. The van der Waals surface area contributed by atoms with Gasteiger partial charge in [-0.2, -0.15) is 0 Å². The fourth-order valence-electron chi connectivity index (χ4n) is 1.51. The van der Waals surface area contributed by atoms with Crippen LogP contribution in [0.25, 0.3) is 0 Å². The quantitative estimate of drug-likeness (QED) is 0.759. The first-order chi connectivity index (χ1) is 7.67. The second-order valence-electron chi connectivity index (χ2n) is 3.82. The lowest BCUT2D eigenvalue weighted by atomic mass is 10.2. The van der Waals surface area contributed by atoms with Crippen molar-refractivity contribution < 1.29 is 0 Å². The molecule has 16 heavy (non-hydrogen) atoms. The highest BCUT2D eigenvalue weighted by atomic mass is 15.2. The normalized spacial score (nSPS) is 9.88. The van der Waals surface area contributed by atoms with Crippen LogP contribution in [0.5, 0.6) is 0 Å². The van der Waals surface area contributed by atoms with Gasteiger partial charge in [0.05, 0.1) is 6.54 Å². The number of pyridine rings is 1. The molecule has 1 N–H and O–H groups in total. The Morgan fingerprint density at radius 2 is 2.25 bits per heavy atom. The standard InChI is InChI=1S/C13H19N3/c1-5-7-16(4)13-9-12(10-14-6-2)8-11(3)15-13/h1,8-9,14H,6-7,10H2,2-4H3. The molecular formula is C13H19N3. The second kappa shape index (κ2) is 6.14. The third kappa shape index (κ3) is 3.56. The van der Waals surface area contributed by atoms with E-state index >= 15 is 0 Å². The van der Waals surface area contributed by atoms with Gasteiger partial charge in [0, 0.05) is 19.3 Å². The summed E-state index contributed by atoms with van der Waals surface area (Å²) in [6, 6.07) is 4.17. The molecule has 3 heteroatoms. The Hall–Kier alpha value is -1.53. The first-order valence-electron chi connectivity index (χ1n) is 5.50. The van der Waals surface area contributed by atoms with E-state index in [-0.39, 0.29) is 0 Å². The largest absolute Gasteiger partial charge is 0.349 e. The Morgan fingerprint density at radius 3 is 2.88 bits per heavy atom. The molecule has 0 aliphatic carbocycles. The molecule has 0 saturated carbocycles. The van der Waals surface area contributed by atoms with Gasteiger partial charge in [-0.15, -0.1) is 6.42 Å². The van der Waals surface area contributed by atoms with E-state index in [0.717, 1.165) is 24.6 Å². The molecule has 0 bridgehead atoms. The number of nitrogens with one attached hydrogen (secondary N) is 1. The number of aryl methyl sites for hydroxylation is 1. The molecule has 1 aromatic rings. The van der Waals surface area contributed by atoms with E-state index in [4.69, 9.17) is 6.42 Å². The molecule has 1 rings (SSSR count). The van der Waals surface area contributed by atoms with E-state index in [9.17, 15) is 0 Å². The summed E-state index contributed by atoms with van der Waals surface area (Å²) in [6.07, 6.45) is 5.29. The fraction of sp³-hybridized carbons (Fsp3) is 0.462. The Kier molecular flexibility index (Phi) is 4.81. The van der Waals surface area contributed by atoms with Gasteiger partial charge in [0.25, 0.3) is 0 Å². The number of aromatic nitrogens is 1. The van der Waals surface area contributed by atoms with Crippen molar-refractivity contribution in [2.75, 3.05) is 25.0 Å². The summed E-state index contributed by atoms with van der Waals surface area (Å²) in [4.78, 5) is 6.44. The molecule has 86 valence electrons. The van der Waals surface area contributed by atoms with Gasteiger partial charge in [0.15, 0.2) is 0 Å². The highest BCUT2D eigenvalue weighted by Gasteiger charge is 2.03. The SMILES string of the molecule is C#CCN(C)c1cc(CNCC)cc(C)n1. The van der Waals surface area contributed by atoms with Gasteiger partial charge in [0.2, 0.25) is 0 Å². The predicted octanol–water partition coefficient (Wildman–Crippen LogP) is 1.57. The van der Waals surface area contributed by atoms with Crippen molar-refractivity contribution in [1.82, 2.24) is 10.3 Å². The third-order valence-corrected chi connectivity index (χ3v) is 2.30. The molecule has 0 aromatic carbocycles. The number of rotatable bonds is 5. The van der Waals surface area contributed by atoms with Crippen LogP contribution >= 0.6 is 0 Å². The lowest BCUT2D eigenvalue weighted by Gasteiger charge is -2.16. The molecule has 0 fully saturated rings. The van der Waals surface area contributed by atoms with Crippen LogP contribution in [0.1, 0.15) is 18.2 Å². The van der Waals surface area contributed by atoms with Gasteiger partial charge in [-0.05, 0) is 31.2 Å². The van der Waals surface area contributed by atoms with Crippen LogP contribution in [0.15, 0.2) is 12.1 Å². The van der Waals surface area contributed by atoms with E-state index < -0.39 is 0 Å². The highest BCUT2D eigenvalue weighted by Crippen LogP contribution is 2.13. The zero-order valence-electron chi connectivity index (χ0n) is 10.2. The average Bonchev–Trinajstić information content (AvgIpc) is 2.26. The fourth-order valence-corrected chi connectivity index (χ4v) is 1.51. The lowest BCUT2D eigenvalue weighted by Crippen LogP contribution is -2.19. The molecular weight excluding hydrogens is 198 g/mol. The number of hydrogen-bond donors (Lipinski definition) is 1. The minimum atomic E-state index is 0.580. The molecule has 0 amide bonds. The summed E-state index contributed by atoms with van der Waals surface area (Å²) < 4.78 is 0. The van der Waals surface area contributed by atoms with Crippen molar-refractivity contribution in [2.24, 2.45) is 0 Å². The summed E-state index contributed by atoms with van der Waals surface area (Å²) >= 11 is 0. The van der Waals surface area contributed by atoms with Crippen molar-refractivity contribution in [1.29, 1.82) is 0 Å². The molecule has 0 aliphatic rings. The van der Waals surface area contributed by atoms with E-state index in [1.165, 1.54) is 5.56 Å². The van der Waals surface area contributed by atoms with Crippen LogP contribution in [-0.2, 0) is 6.54 Å². The topological polar surface area (TPSA) is 28.2 Å². The summed E-state index contributed by atoms with van der Waals surface area (Å²) in [5.41, 5.74) is 2.27. The first kappa shape index (κ1) is 12.5. The Balaban J connectivity index is 2.85. The molecule has 0 atom stereocenters. The second-order valence-corrected chi connectivity index (χ2v) is 3.82. The van der Waals surface area contributed by atoms with Gasteiger partial charge in [-0.25, -0.2) is 4.98 Å². The summed E-state index contributed by atoms with van der Waals surface area (Å²) in [6.45, 7) is 6.52. The molecule has 0 unspecified atom stereocenters. The maximum atomic E-state index is 5.29. The van der Waals surface area contributed by atoms with Crippen molar-refractivity contribution in [3.8, 4) is 12.3 Å². The van der Waals surface area contributed by atoms with E-state index in [2.05, 4.69) is 35.3 Å². The maximum Gasteiger partial charge on any atom is 0.129 e. The molecule has 0 aliphatic heterocycles. The summed E-state index contributed by atoms with van der Waals surface area (Å²) in [5, 5.41) is 3.30. The van der Waals surface area contributed by atoms with Crippen LogP contribution in [0, 0.1) is 19.3 Å². The minimum Gasteiger partial charge on any atom is -0.349 e. The molecule has 0 radical (unpaired) electrons. The van der Waals surface area contributed by atoms with Crippen LogP contribution in [0.2, 0.25) is 0 Å². The monoisotopic (exact) mass is 217 g/mol. The van der Waals surface area contributed by atoms with Crippen LogP contribution < -0.4 is 10.2 Å². The van der Waals surface area contributed by atoms with E-state index in [1.807, 2.05) is 18.9 Å². The number of terminal acetylenes is 1. The average molecular weight is 217 g/mol. The smallest absolute Gasteiger partial charge is 0.129 e. The van der Waals surface area contributed by atoms with Gasteiger partial charge in [-0.1, -0.05) is 12.8 Å². The highest BCUT2D eigenvalue weighted by molar-refractivity contribution is 5.43. The zero-order chi connectivity index (χ0) is 12.0. The van der Waals surface area contributed by atoms with Crippen LogP contribution in [0.3, 0.4) is 0 Å². The van der Waals surface area contributed by atoms with Crippen LogP contribution in [-0.4, -0.2) is 25.1 Å². The molecule has 0 saturated heterocycles. The maximum absolute atomic E-state index is 5.29. The Morgan fingerprint density at radius 1 is 1.50 bits per heavy atom. The number of hydrogen-bond acceptors (Lipinski definition) is 3. The van der Waals surface area contributed by atoms with Gasteiger partial charge in [0.1, 0.15) is 5.82 Å². The predicted molar refractivity (Wildman–Crippen MR) is 68.5 cm³/mol.